The molecule has 1 aliphatic heterocycles. The normalized spacial score (nSPS) is 21.9. The average molecular weight is 245 g/mol. The molecular weight excluding hydrogens is 230 g/mol. The second-order valence-electron chi connectivity index (χ2n) is 4.04. The van der Waals surface area contributed by atoms with Crippen molar-refractivity contribution < 1.29 is 10.2 Å². The first-order valence-corrected chi connectivity index (χ1v) is 5.25. The van der Waals surface area contributed by atoms with Crippen LogP contribution in [0.1, 0.15) is 6.92 Å². The number of rotatable bonds is 2. The first kappa shape index (κ1) is 11.7. The molecule has 0 saturated carbocycles. The fourth-order valence-corrected chi connectivity index (χ4v) is 1.74. The van der Waals surface area contributed by atoms with Crippen molar-refractivity contribution in [3.05, 3.63) is 10.4 Å². The quantitative estimate of drug-likeness (QED) is 0.342. The minimum atomic E-state index is -0.979. The van der Waals surface area contributed by atoms with Crippen LogP contribution in [-0.4, -0.2) is 45.0 Å². The van der Waals surface area contributed by atoms with E-state index in [4.69, 9.17) is 5.73 Å². The van der Waals surface area contributed by atoms with E-state index in [-0.39, 0.29) is 11.6 Å². The van der Waals surface area contributed by atoms with Crippen molar-refractivity contribution in [3.63, 3.8) is 0 Å². The van der Waals surface area contributed by atoms with Crippen LogP contribution in [0.3, 0.4) is 0 Å². The molecule has 0 radical (unpaired) electrons. The lowest BCUT2D eigenvalue weighted by atomic mass is 10.1. The molecule has 8 nitrogen and oxygen atoms in total. The maximum absolute atomic E-state index is 11.6. The average Bonchev–Trinajstić information content (AvgIpc) is 2.27. The Kier molecular flexibility index (Phi) is 2.90. The van der Waals surface area contributed by atoms with Crippen LogP contribution >= 0.6 is 0 Å². The van der Waals surface area contributed by atoms with Crippen molar-refractivity contribution in [2.75, 3.05) is 22.9 Å². The lowest BCUT2D eigenvalue weighted by Gasteiger charge is -2.31. The van der Waals surface area contributed by atoms with Gasteiger partial charge in [-0.15, -0.1) is 0 Å². The third kappa shape index (κ3) is 2.17. The van der Waals surface area contributed by atoms with E-state index in [0.29, 0.717) is 12.4 Å². The number of anilines is 3. The lowest BCUT2D eigenvalue weighted by Crippen LogP contribution is -2.48. The number of hydrogen-bond acceptors (Lipinski definition) is 7. The third-order valence-electron chi connectivity index (χ3n) is 2.66. The summed E-state index contributed by atoms with van der Waals surface area (Å²) in [5.74, 6) is 0.373. The molecule has 0 amide bonds. The van der Waals surface area contributed by atoms with Crippen LogP contribution in [0.4, 0.5) is 17.5 Å². The van der Waals surface area contributed by atoms with Gasteiger partial charge in [-0.25, -0.2) is 0 Å². The number of aromatic nitrogens is 2. The molecule has 7 N–H and O–H groups in total. The summed E-state index contributed by atoms with van der Waals surface area (Å²) < 4.78 is 0. The van der Waals surface area contributed by atoms with Gasteiger partial charge in [0, 0.05) is 6.54 Å². The van der Waals surface area contributed by atoms with Gasteiger partial charge in [0.1, 0.15) is 11.8 Å². The van der Waals surface area contributed by atoms with Crippen LogP contribution in [0, 0.1) is 0 Å². The van der Waals surface area contributed by atoms with E-state index in [0.717, 1.165) is 0 Å². The highest BCUT2D eigenvalue weighted by Crippen LogP contribution is 2.21. The molecule has 1 aliphatic rings. The summed E-state index contributed by atoms with van der Waals surface area (Å²) >= 11 is 0. The number of H-pyrrole nitrogens is 1. The molecule has 1 aromatic heterocycles. The van der Waals surface area contributed by atoms with Crippen molar-refractivity contribution in [3.8, 4) is 0 Å². The fourth-order valence-electron chi connectivity index (χ4n) is 1.74. The highest BCUT2D eigenvalue weighted by atomic mass is 16.3. The van der Waals surface area contributed by atoms with E-state index < -0.39 is 23.8 Å². The molecule has 8 heteroatoms. The van der Waals surface area contributed by atoms with E-state index in [9.17, 15) is 15.0 Å². The van der Waals surface area contributed by atoms with Gasteiger partial charge in [-0.05, 0) is 6.92 Å². The van der Waals surface area contributed by atoms with E-state index in [1.165, 1.54) is 6.92 Å². The number of nitrogens with two attached hydrogens (primary N) is 1. The summed E-state index contributed by atoms with van der Waals surface area (Å²) in [7, 11) is 0. The molecule has 2 heterocycles. The number of aromatic amines is 1. The fraction of sp³-hybridized carbons (Fsp3) is 0.556. The number of aliphatic hydroxyl groups is 2. The van der Waals surface area contributed by atoms with Gasteiger partial charge >= 0.3 is 0 Å². The first-order valence-electron chi connectivity index (χ1n) is 5.25. The highest BCUT2D eigenvalue weighted by molar-refractivity contribution is 5.67. The van der Waals surface area contributed by atoms with Crippen molar-refractivity contribution in [2.24, 2.45) is 0 Å². The van der Waals surface area contributed by atoms with E-state index in [1.807, 2.05) is 0 Å². The topological polar surface area (TPSA) is 136 Å². The summed E-state index contributed by atoms with van der Waals surface area (Å²) in [6, 6.07) is -0.464. The van der Waals surface area contributed by atoms with Gasteiger partial charge in [0.25, 0.3) is 5.56 Å². The number of fused-ring (bicyclic) bond motifs is 1. The van der Waals surface area contributed by atoms with E-state index in [2.05, 4.69) is 20.6 Å². The standard InChI is InChI=1S/C9H15N5O3/c1-3(15)6(16)4-2-11-7-5(12-4)8(17)14-9(10)13-7/h3-4,6,12,15-16H,2H2,1H3,(H4,10,11,13,14,17)/t3-,4+,6-/m0/s1/i9+1,10+1,13+1,14+1. The van der Waals surface area contributed by atoms with Crippen LogP contribution in [0.25, 0.3) is 0 Å². The van der Waals surface area contributed by atoms with Gasteiger partial charge in [0.05, 0.1) is 12.1 Å². The Morgan fingerprint density at radius 2 is 2.24 bits per heavy atom. The molecule has 0 saturated heterocycles. The molecule has 94 valence electrons. The van der Waals surface area contributed by atoms with Crippen molar-refractivity contribution in [1.29, 1.82) is 0 Å². The summed E-state index contributed by atoms with van der Waals surface area (Å²) in [4.78, 5) is 17.9. The molecule has 0 spiro atoms. The smallest absolute Gasteiger partial charge is 0.277 e. The maximum atomic E-state index is 11.6. The zero-order valence-electron chi connectivity index (χ0n) is 9.27. The maximum Gasteiger partial charge on any atom is 0.277 e. The number of aliphatic hydroxyl groups excluding tert-OH is 2. The van der Waals surface area contributed by atoms with Crippen LogP contribution < -0.4 is 21.9 Å². The zero-order valence-corrected chi connectivity index (χ0v) is 9.27. The third-order valence-corrected chi connectivity index (χ3v) is 2.66. The Labute approximate surface area is 96.9 Å². The molecule has 0 aliphatic carbocycles. The van der Waals surface area contributed by atoms with Crippen LogP contribution in [-0.2, 0) is 0 Å². The molecule has 0 fully saturated rings. The highest BCUT2D eigenvalue weighted by Gasteiger charge is 2.29. The van der Waals surface area contributed by atoms with Gasteiger partial charge in [0.15, 0.2) is 5.82 Å². The summed E-state index contributed by atoms with van der Waals surface area (Å²) in [6.07, 6.45) is -1.87. The first-order chi connectivity index (χ1) is 7.99. The van der Waals surface area contributed by atoms with Crippen molar-refractivity contribution in [1.82, 2.24) is 9.97 Å². The van der Waals surface area contributed by atoms with Crippen LogP contribution in [0.2, 0.25) is 0 Å². The Hall–Kier alpha value is -1.80. The monoisotopic (exact) mass is 245 g/mol. The minimum Gasteiger partial charge on any atom is -0.391 e. The Bertz CT molecular complexity index is 472. The predicted molar refractivity (Wildman–Crippen MR) is 62.9 cm³/mol. The van der Waals surface area contributed by atoms with Gasteiger partial charge in [-0.3, -0.25) is 9.78 Å². The van der Waals surface area contributed by atoms with Crippen molar-refractivity contribution >= 4 is 17.5 Å². The minimum absolute atomic E-state index is 0.0255. The van der Waals surface area contributed by atoms with Crippen LogP contribution in [0.5, 0.6) is 0 Å². The summed E-state index contributed by atoms with van der Waals surface area (Å²) in [6.45, 7) is 1.82. The van der Waals surface area contributed by atoms with Gasteiger partial charge in [-0.1, -0.05) is 0 Å². The zero-order chi connectivity index (χ0) is 12.6. The van der Waals surface area contributed by atoms with Crippen LogP contribution in [0.15, 0.2) is 4.79 Å². The molecular formula is C9H15N5O3. The molecule has 0 aromatic carbocycles. The molecule has 0 unspecified atom stereocenters. The molecule has 2 rings (SSSR count). The largest absolute Gasteiger partial charge is 0.391 e. The molecule has 1 aromatic rings. The second kappa shape index (κ2) is 4.22. The summed E-state index contributed by atoms with van der Waals surface area (Å²) in [5.41, 5.74) is 5.20. The number of nitrogens with zero attached hydrogens (tertiary/aromatic N) is 1. The number of nitrogens with one attached hydrogen (secondary N) is 3. The Balaban J connectivity index is 2.27. The SMILES string of the molecule is C[C@H](O)[C@H](O)[C@H]1CNc2[15n][13c]([15NH2])[15nH]c(=O)c2N1. The molecule has 3 atom stereocenters. The van der Waals surface area contributed by atoms with Gasteiger partial charge < -0.3 is 26.6 Å². The van der Waals surface area contributed by atoms with E-state index >= 15 is 0 Å². The van der Waals surface area contributed by atoms with E-state index in [1.54, 1.807) is 0 Å². The molecule has 0 bridgehead atoms. The predicted octanol–water partition coefficient (Wildman–Crippen LogP) is -1.70. The molecule has 17 heavy (non-hydrogen) atoms. The number of nitrogen functional groups attached to an aromatic ring is 1. The second-order valence-corrected chi connectivity index (χ2v) is 4.04. The summed E-state index contributed by atoms with van der Waals surface area (Å²) in [5, 5.41) is 24.7. The van der Waals surface area contributed by atoms with Crippen molar-refractivity contribution in [2.45, 2.75) is 25.2 Å². The number of hydrogen-bond donors (Lipinski definition) is 6. The van der Waals surface area contributed by atoms with Gasteiger partial charge in [-0.2, -0.15) is 4.98 Å². The Morgan fingerprint density at radius 1 is 1.53 bits per heavy atom. The Morgan fingerprint density at radius 3 is 2.88 bits per heavy atom. The van der Waals surface area contributed by atoms with Gasteiger partial charge in [0.2, 0.25) is 5.95 Å². The lowest BCUT2D eigenvalue weighted by molar-refractivity contribution is 0.0214.